The van der Waals surface area contributed by atoms with Crippen molar-refractivity contribution in [3.05, 3.63) is 138 Å². The third-order valence-electron chi connectivity index (χ3n) is 7.62. The van der Waals surface area contributed by atoms with E-state index in [2.05, 4.69) is 23.5 Å². The number of benzene rings is 4. The number of anilines is 1. The number of halogens is 1. The summed E-state index contributed by atoms with van der Waals surface area (Å²) in [5.74, 6) is 0.143. The van der Waals surface area contributed by atoms with Crippen molar-refractivity contribution < 1.29 is 38.1 Å². The predicted molar refractivity (Wildman–Crippen MR) is 213 cm³/mol. The molecule has 0 unspecified atom stereocenters. The summed E-state index contributed by atoms with van der Waals surface area (Å²) in [4.78, 5) is 53.2. The molecule has 4 aromatic rings. The number of aliphatic imine (C=N–C) groups is 1. The molecule has 0 spiro atoms. The summed E-state index contributed by atoms with van der Waals surface area (Å²) in [5, 5.41) is 3.21. The zero-order valence-electron chi connectivity index (χ0n) is 29.9. The second-order valence-corrected chi connectivity index (χ2v) is 13.1. The topological polar surface area (TPSA) is 130 Å². The Bertz CT molecular complexity index is 1820. The van der Waals surface area contributed by atoms with Crippen LogP contribution in [0.5, 0.6) is 11.5 Å². The van der Waals surface area contributed by atoms with Gasteiger partial charge in [-0.3, -0.25) is 14.6 Å². The molecule has 1 N–H and O–H groups in total. The first-order valence-electron chi connectivity index (χ1n) is 17.2. The van der Waals surface area contributed by atoms with Crippen LogP contribution in [0.3, 0.4) is 0 Å². The first kappa shape index (κ1) is 41.1. The van der Waals surface area contributed by atoms with Crippen LogP contribution in [0.15, 0.2) is 120 Å². The fraction of sp³-hybridized carbons (Fsp3) is 0.214. The van der Waals surface area contributed by atoms with Crippen LogP contribution in [0.25, 0.3) is 0 Å². The number of ether oxygens (including phenoxy) is 4. The van der Waals surface area contributed by atoms with Gasteiger partial charge in [0.15, 0.2) is 0 Å². The van der Waals surface area contributed by atoms with Crippen molar-refractivity contribution in [1.29, 1.82) is 0 Å². The van der Waals surface area contributed by atoms with Gasteiger partial charge in [-0.2, -0.15) is 0 Å². The summed E-state index contributed by atoms with van der Waals surface area (Å²) < 4.78 is 21.3. The first-order chi connectivity index (χ1) is 26.1. The lowest BCUT2D eigenvalue weighted by molar-refractivity contribution is -0.138. The molecule has 1 amide bonds. The summed E-state index contributed by atoms with van der Waals surface area (Å²) in [6.07, 6.45) is 6.72. The standard InChI is InChI=1S/C42H41ClN2O8S/c1-4-39(46)52-24-8-6-22-50-34-16-11-31(12-17-34)41(48)45-37-20-15-33(26-29(37)3)44-28-30-10-21-38(36(43)27-30)54-42(49)32-13-18-35(19-14-32)51-23-7-9-25-53-40(47)5-2/h4-5,10-21,26-28H,1-2,6-9,22-25H2,3H3,(H,45,48)/b44-28+. The van der Waals surface area contributed by atoms with E-state index in [-0.39, 0.29) is 11.0 Å². The lowest BCUT2D eigenvalue weighted by atomic mass is 10.1. The van der Waals surface area contributed by atoms with E-state index < -0.39 is 11.9 Å². The summed E-state index contributed by atoms with van der Waals surface area (Å²) in [7, 11) is 0. The molecule has 54 heavy (non-hydrogen) atoms. The molecule has 0 aliphatic rings. The van der Waals surface area contributed by atoms with Gasteiger partial charge in [0.05, 0.1) is 37.1 Å². The Kier molecular flexibility index (Phi) is 16.6. The fourth-order valence-corrected chi connectivity index (χ4v) is 5.74. The van der Waals surface area contributed by atoms with Gasteiger partial charge in [-0.05, 0) is 134 Å². The van der Waals surface area contributed by atoms with Gasteiger partial charge in [0.25, 0.3) is 5.91 Å². The predicted octanol–water partition coefficient (Wildman–Crippen LogP) is 9.36. The molecule has 0 saturated carbocycles. The second kappa shape index (κ2) is 21.8. The maximum Gasteiger partial charge on any atom is 0.330 e. The van der Waals surface area contributed by atoms with Crippen molar-refractivity contribution in [3.63, 3.8) is 0 Å². The number of amides is 1. The van der Waals surface area contributed by atoms with Crippen molar-refractivity contribution in [2.45, 2.75) is 37.5 Å². The molecule has 0 radical (unpaired) electrons. The first-order valence-corrected chi connectivity index (χ1v) is 18.4. The Hall–Kier alpha value is -5.65. The van der Waals surface area contributed by atoms with E-state index in [1.807, 2.05) is 19.1 Å². The molecule has 0 fully saturated rings. The highest BCUT2D eigenvalue weighted by molar-refractivity contribution is 8.14. The summed E-state index contributed by atoms with van der Waals surface area (Å²) in [6.45, 7) is 10.1. The minimum Gasteiger partial charge on any atom is -0.494 e. The molecule has 10 nitrogen and oxygen atoms in total. The second-order valence-electron chi connectivity index (χ2n) is 11.7. The van der Waals surface area contributed by atoms with Gasteiger partial charge in [-0.15, -0.1) is 0 Å². The zero-order chi connectivity index (χ0) is 38.7. The number of thioether (sulfide) groups is 1. The number of carbonyl (C=O) groups excluding carboxylic acids is 4. The van der Waals surface area contributed by atoms with E-state index >= 15 is 0 Å². The molecular weight excluding hydrogens is 728 g/mol. The third kappa shape index (κ3) is 13.7. The van der Waals surface area contributed by atoms with Crippen LogP contribution in [-0.4, -0.2) is 55.6 Å². The van der Waals surface area contributed by atoms with E-state index in [0.29, 0.717) is 96.0 Å². The molecule has 12 heteroatoms. The highest BCUT2D eigenvalue weighted by Crippen LogP contribution is 2.31. The van der Waals surface area contributed by atoms with E-state index in [4.69, 9.17) is 30.5 Å². The van der Waals surface area contributed by atoms with Gasteiger partial charge in [-0.25, -0.2) is 9.59 Å². The smallest absolute Gasteiger partial charge is 0.330 e. The number of hydrogen-bond donors (Lipinski definition) is 1. The highest BCUT2D eigenvalue weighted by atomic mass is 35.5. The van der Waals surface area contributed by atoms with Crippen molar-refractivity contribution in [1.82, 2.24) is 0 Å². The lowest BCUT2D eigenvalue weighted by Crippen LogP contribution is -2.12. The average Bonchev–Trinajstić information content (AvgIpc) is 3.18. The maximum atomic E-state index is 12.9. The number of nitrogens with one attached hydrogen (secondary N) is 1. The quantitative estimate of drug-likeness (QED) is 0.0307. The highest BCUT2D eigenvalue weighted by Gasteiger charge is 2.12. The van der Waals surface area contributed by atoms with Crippen LogP contribution in [0.2, 0.25) is 5.02 Å². The number of carbonyl (C=O) groups is 4. The Morgan fingerprint density at radius 2 is 1.28 bits per heavy atom. The van der Waals surface area contributed by atoms with E-state index in [1.165, 1.54) is 0 Å². The van der Waals surface area contributed by atoms with Crippen LogP contribution in [0.1, 0.15) is 57.5 Å². The van der Waals surface area contributed by atoms with Crippen LogP contribution < -0.4 is 14.8 Å². The fourth-order valence-electron chi connectivity index (χ4n) is 4.69. The molecule has 0 aliphatic heterocycles. The minimum absolute atomic E-state index is 0.156. The van der Waals surface area contributed by atoms with Crippen molar-refractivity contribution >= 4 is 63.9 Å². The average molecular weight is 769 g/mol. The number of aryl methyl sites for hydroxylation is 1. The normalized spacial score (nSPS) is 10.7. The Balaban J connectivity index is 1.22. The maximum absolute atomic E-state index is 12.9. The van der Waals surface area contributed by atoms with Crippen molar-refractivity contribution in [2.75, 3.05) is 31.7 Å². The Morgan fingerprint density at radius 1 is 0.722 bits per heavy atom. The van der Waals surface area contributed by atoms with Gasteiger partial charge in [-0.1, -0.05) is 30.8 Å². The zero-order valence-corrected chi connectivity index (χ0v) is 31.5. The number of nitrogens with zero attached hydrogens (tertiary/aromatic N) is 1. The molecule has 0 heterocycles. The third-order valence-corrected chi connectivity index (χ3v) is 9.04. The largest absolute Gasteiger partial charge is 0.494 e. The van der Waals surface area contributed by atoms with Gasteiger partial charge in [0.1, 0.15) is 11.5 Å². The number of esters is 2. The molecular formula is C42H41ClN2O8S. The molecule has 0 aliphatic carbocycles. The lowest BCUT2D eigenvalue weighted by Gasteiger charge is -2.10. The van der Waals surface area contributed by atoms with Gasteiger partial charge in [0.2, 0.25) is 5.12 Å². The van der Waals surface area contributed by atoms with Gasteiger partial charge in [0, 0.05) is 40.1 Å². The minimum atomic E-state index is -0.441. The Labute approximate surface area is 324 Å². The molecule has 280 valence electrons. The van der Waals surface area contributed by atoms with Gasteiger partial charge < -0.3 is 24.3 Å². The molecule has 4 rings (SSSR count). The molecule has 0 atom stereocenters. The van der Waals surface area contributed by atoms with Gasteiger partial charge >= 0.3 is 11.9 Å². The van der Waals surface area contributed by atoms with Crippen LogP contribution in [-0.2, 0) is 19.1 Å². The van der Waals surface area contributed by atoms with Crippen molar-refractivity contribution in [3.8, 4) is 11.5 Å². The van der Waals surface area contributed by atoms with Crippen LogP contribution in [0.4, 0.5) is 11.4 Å². The van der Waals surface area contributed by atoms with E-state index in [1.54, 1.807) is 79.0 Å². The number of rotatable bonds is 20. The van der Waals surface area contributed by atoms with Crippen LogP contribution >= 0.6 is 23.4 Å². The van der Waals surface area contributed by atoms with E-state index in [0.717, 1.165) is 35.0 Å². The molecule has 4 aromatic carbocycles. The summed E-state index contributed by atoms with van der Waals surface area (Å²) >= 11 is 7.58. The van der Waals surface area contributed by atoms with Crippen LogP contribution in [0, 0.1) is 6.92 Å². The molecule has 0 bridgehead atoms. The summed E-state index contributed by atoms with van der Waals surface area (Å²) in [5.41, 5.74) is 3.94. The monoisotopic (exact) mass is 768 g/mol. The van der Waals surface area contributed by atoms with E-state index in [9.17, 15) is 19.2 Å². The molecule has 0 aromatic heterocycles. The number of unbranched alkanes of at least 4 members (excludes halogenated alkanes) is 2. The molecule has 0 saturated heterocycles. The van der Waals surface area contributed by atoms with Crippen molar-refractivity contribution in [2.24, 2.45) is 4.99 Å². The SMILES string of the molecule is C=CC(=O)OCCCCOc1ccc(C(=O)Nc2ccc(/N=C/c3ccc(SC(=O)c4ccc(OCCCCOC(=O)C=C)cc4)c(Cl)c3)cc2C)cc1. The Morgan fingerprint density at radius 3 is 1.81 bits per heavy atom. The number of hydrogen-bond acceptors (Lipinski definition) is 10. The summed E-state index contributed by atoms with van der Waals surface area (Å²) in [6, 6.07) is 24.6.